The minimum atomic E-state index is -2.84. The van der Waals surface area contributed by atoms with Gasteiger partial charge in [-0.2, -0.15) is 0 Å². The molecule has 0 bridgehead atoms. The first kappa shape index (κ1) is 24.0. The van der Waals surface area contributed by atoms with E-state index < -0.39 is 24.2 Å². The summed E-state index contributed by atoms with van der Waals surface area (Å²) >= 11 is 0. The largest absolute Gasteiger partial charge is 1.00 e. The Hall–Kier alpha value is -0.00766. The molecule has 1 aromatic carbocycles. The fourth-order valence-electron chi connectivity index (χ4n) is 3.47. The molecule has 0 saturated heterocycles. The third-order valence-electron chi connectivity index (χ3n) is 4.48. The standard InChI is InChI=1S/C17H31BO4P.Li/c1-16(2,3)23(19,17(4,5)6)15-13-11-10-12-14(15)18(20-7,21-8)22-9;/h10-13H,1-9H3;/q-1;+1. The maximum absolute atomic E-state index is 14.3. The molecule has 0 unspecified atom stereocenters. The Morgan fingerprint density at radius 3 is 1.54 bits per heavy atom. The summed E-state index contributed by atoms with van der Waals surface area (Å²) in [5, 5.41) is -0.0397. The van der Waals surface area contributed by atoms with Crippen LogP contribution in [0.4, 0.5) is 0 Å². The van der Waals surface area contributed by atoms with E-state index in [1.54, 1.807) is 21.3 Å². The van der Waals surface area contributed by atoms with E-state index in [1.165, 1.54) is 0 Å². The molecule has 0 aliphatic heterocycles. The van der Waals surface area contributed by atoms with Crippen molar-refractivity contribution in [2.45, 2.75) is 51.9 Å². The van der Waals surface area contributed by atoms with Crippen LogP contribution in [0.3, 0.4) is 0 Å². The molecule has 1 aromatic rings. The molecule has 24 heavy (non-hydrogen) atoms. The molecule has 0 saturated carbocycles. The zero-order valence-corrected chi connectivity index (χ0v) is 17.9. The predicted molar refractivity (Wildman–Crippen MR) is 99.6 cm³/mol. The van der Waals surface area contributed by atoms with Crippen LogP contribution in [0.25, 0.3) is 0 Å². The van der Waals surface area contributed by atoms with Gasteiger partial charge < -0.3 is 18.5 Å². The van der Waals surface area contributed by atoms with Gasteiger partial charge in [-0.3, -0.25) is 0 Å². The monoisotopic (exact) mass is 348 g/mol. The maximum atomic E-state index is 14.3. The van der Waals surface area contributed by atoms with Gasteiger partial charge in [0.15, 0.2) is 0 Å². The van der Waals surface area contributed by atoms with E-state index in [2.05, 4.69) is 0 Å². The van der Waals surface area contributed by atoms with Gasteiger partial charge in [0.1, 0.15) is 7.14 Å². The summed E-state index contributed by atoms with van der Waals surface area (Å²) in [5.74, 6) is 0. The van der Waals surface area contributed by atoms with E-state index in [4.69, 9.17) is 14.0 Å². The molecule has 0 aromatic heterocycles. The zero-order chi connectivity index (χ0) is 18.1. The van der Waals surface area contributed by atoms with Crippen LogP contribution in [0.15, 0.2) is 24.3 Å². The SMILES string of the molecule is CO[B-](OC)(OC)c1ccccc1P(=O)(C(C)(C)C)C(C)(C)C.[Li+]. The average Bonchev–Trinajstić information content (AvgIpc) is 2.47. The smallest absolute Gasteiger partial charge is 0.543 e. The van der Waals surface area contributed by atoms with Crippen molar-refractivity contribution in [1.82, 2.24) is 0 Å². The second kappa shape index (κ2) is 8.13. The summed E-state index contributed by atoms with van der Waals surface area (Å²) < 4.78 is 31.1. The molecule has 0 aliphatic carbocycles. The fourth-order valence-corrected chi connectivity index (χ4v) is 7.82. The molecule has 0 amide bonds. The van der Waals surface area contributed by atoms with Crippen molar-refractivity contribution < 1.29 is 37.4 Å². The van der Waals surface area contributed by atoms with Crippen LogP contribution in [0.2, 0.25) is 0 Å². The van der Waals surface area contributed by atoms with E-state index >= 15 is 0 Å². The Bertz CT molecular complexity index is 563. The molecule has 0 spiro atoms. The fraction of sp³-hybridized carbons (Fsp3) is 0.647. The summed E-state index contributed by atoms with van der Waals surface area (Å²) in [4.78, 5) is 0. The Morgan fingerprint density at radius 2 is 1.21 bits per heavy atom. The first-order valence-electron chi connectivity index (χ1n) is 7.90. The Labute approximate surface area is 159 Å². The molecular weight excluding hydrogens is 317 g/mol. The summed E-state index contributed by atoms with van der Waals surface area (Å²) in [5.41, 5.74) is 0.716. The summed E-state index contributed by atoms with van der Waals surface area (Å²) in [6.45, 7) is 10.0. The first-order valence-corrected chi connectivity index (χ1v) is 9.61. The van der Waals surface area contributed by atoms with E-state index in [0.29, 0.717) is 5.46 Å². The van der Waals surface area contributed by atoms with E-state index in [0.717, 1.165) is 5.30 Å². The second-order valence-corrected chi connectivity index (χ2v) is 12.2. The summed E-state index contributed by atoms with van der Waals surface area (Å²) in [7, 11) is 1.80. The van der Waals surface area contributed by atoms with Gasteiger partial charge in [0.25, 0.3) is 0 Å². The number of rotatable bonds is 5. The molecule has 0 heterocycles. The molecule has 0 radical (unpaired) electrons. The molecule has 0 fully saturated rings. The minimum Gasteiger partial charge on any atom is -0.543 e. The van der Waals surface area contributed by atoms with Crippen LogP contribution in [0.1, 0.15) is 41.5 Å². The van der Waals surface area contributed by atoms with E-state index in [1.807, 2.05) is 65.8 Å². The zero-order valence-electron chi connectivity index (χ0n) is 17.0. The summed E-state index contributed by atoms with van der Waals surface area (Å²) in [6.07, 6.45) is 0. The van der Waals surface area contributed by atoms with Crippen LogP contribution < -0.4 is 29.6 Å². The van der Waals surface area contributed by atoms with Gasteiger partial charge in [-0.25, -0.2) is 0 Å². The van der Waals surface area contributed by atoms with Crippen molar-refractivity contribution in [3.05, 3.63) is 24.3 Å². The van der Waals surface area contributed by atoms with E-state index in [9.17, 15) is 4.57 Å². The quantitative estimate of drug-likeness (QED) is 0.570. The van der Waals surface area contributed by atoms with Gasteiger partial charge in [-0.05, 0) is 26.6 Å². The van der Waals surface area contributed by atoms with Gasteiger partial charge in [-0.1, -0.05) is 65.8 Å². The van der Waals surface area contributed by atoms with E-state index in [-0.39, 0.29) is 18.9 Å². The van der Waals surface area contributed by atoms with Crippen molar-refractivity contribution >= 4 is 24.7 Å². The Morgan fingerprint density at radius 1 is 0.833 bits per heavy atom. The number of hydrogen-bond donors (Lipinski definition) is 0. The van der Waals surface area contributed by atoms with Gasteiger partial charge in [-0.15, -0.1) is 5.46 Å². The van der Waals surface area contributed by atoms with Crippen molar-refractivity contribution in [2.75, 3.05) is 21.3 Å². The second-order valence-electron chi connectivity index (χ2n) is 7.86. The number of benzene rings is 1. The molecule has 1 rings (SSSR count). The topological polar surface area (TPSA) is 44.8 Å². The van der Waals surface area contributed by atoms with Crippen LogP contribution in [0.5, 0.6) is 0 Å². The van der Waals surface area contributed by atoms with Gasteiger partial charge in [0.2, 0.25) is 0 Å². The van der Waals surface area contributed by atoms with Gasteiger partial charge in [0.05, 0.1) is 0 Å². The Balaban J connectivity index is 0.00000529. The summed E-state index contributed by atoms with van der Waals surface area (Å²) in [6, 6.07) is 7.60. The molecule has 0 atom stereocenters. The third-order valence-corrected chi connectivity index (χ3v) is 9.34. The maximum Gasteiger partial charge on any atom is 1.00 e. The van der Waals surface area contributed by atoms with Crippen molar-refractivity contribution in [1.29, 1.82) is 0 Å². The molecule has 132 valence electrons. The molecular formula is C17H31BLiO4P. The van der Waals surface area contributed by atoms with Crippen LogP contribution in [-0.2, 0) is 18.5 Å². The number of hydrogen-bond acceptors (Lipinski definition) is 4. The molecule has 0 aliphatic rings. The third kappa shape index (κ3) is 3.88. The Kier molecular flexibility index (Phi) is 8.12. The minimum absolute atomic E-state index is 0. The van der Waals surface area contributed by atoms with Crippen LogP contribution >= 0.6 is 7.14 Å². The van der Waals surface area contributed by atoms with Crippen molar-refractivity contribution in [2.24, 2.45) is 0 Å². The first-order chi connectivity index (χ1) is 10.4. The van der Waals surface area contributed by atoms with Crippen LogP contribution in [0, 0.1) is 0 Å². The van der Waals surface area contributed by atoms with Crippen molar-refractivity contribution in [3.8, 4) is 0 Å². The molecule has 7 heteroatoms. The van der Waals surface area contributed by atoms with Gasteiger partial charge in [0, 0.05) is 10.3 Å². The normalized spacial score (nSPS) is 13.5. The molecule has 4 nitrogen and oxygen atoms in total. The van der Waals surface area contributed by atoms with Crippen molar-refractivity contribution in [3.63, 3.8) is 0 Å². The van der Waals surface area contributed by atoms with Gasteiger partial charge >= 0.3 is 25.6 Å². The predicted octanol–water partition coefficient (Wildman–Crippen LogP) is 0.361. The average molecular weight is 348 g/mol. The van der Waals surface area contributed by atoms with Crippen LogP contribution in [-0.4, -0.2) is 38.4 Å². The molecule has 0 N–H and O–H groups in total.